The van der Waals surface area contributed by atoms with Crippen LogP contribution in [0.2, 0.25) is 0 Å². The lowest BCUT2D eigenvalue weighted by molar-refractivity contribution is 1.21. The van der Waals surface area contributed by atoms with Crippen LogP contribution in [0.3, 0.4) is 0 Å². The largest absolute Gasteiger partial charge is 0.368 e. The first-order valence-electron chi connectivity index (χ1n) is 5.56. The van der Waals surface area contributed by atoms with Crippen LogP contribution in [-0.4, -0.2) is 19.9 Å². The van der Waals surface area contributed by atoms with Gasteiger partial charge in [-0.25, -0.2) is 4.98 Å². The van der Waals surface area contributed by atoms with E-state index < -0.39 is 0 Å². The molecule has 0 fully saturated rings. The molecule has 4 N–H and O–H groups in total. The standard InChI is InChI=1S/C13H10N6/c1-2-8-4-3-5-9(6-8)17-12-10-11(16-7-15-10)18-13(14)19-12/h1,3-7H,(H4,14,15,16,17,18,19). The molecule has 0 spiro atoms. The third-order valence-corrected chi connectivity index (χ3v) is 2.59. The van der Waals surface area contributed by atoms with E-state index in [2.05, 4.69) is 31.2 Å². The number of nitrogens with one attached hydrogen (secondary N) is 2. The Morgan fingerprint density at radius 1 is 1.32 bits per heavy atom. The van der Waals surface area contributed by atoms with E-state index in [1.807, 2.05) is 24.3 Å². The maximum absolute atomic E-state index is 5.65. The molecule has 0 aliphatic rings. The summed E-state index contributed by atoms with van der Waals surface area (Å²) in [4.78, 5) is 15.2. The zero-order chi connectivity index (χ0) is 13.2. The van der Waals surface area contributed by atoms with Gasteiger partial charge in [0.1, 0.15) is 5.52 Å². The summed E-state index contributed by atoms with van der Waals surface area (Å²) < 4.78 is 0. The number of imidazole rings is 1. The molecule has 0 saturated carbocycles. The lowest BCUT2D eigenvalue weighted by Crippen LogP contribution is -2.01. The van der Waals surface area contributed by atoms with E-state index in [0.29, 0.717) is 17.0 Å². The summed E-state index contributed by atoms with van der Waals surface area (Å²) in [6.07, 6.45) is 6.91. The SMILES string of the molecule is C#Cc1cccc(Nc2nc(N)nc3nc[nH]c23)c1. The Kier molecular flexibility index (Phi) is 2.50. The number of nitrogen functional groups attached to an aromatic ring is 1. The fraction of sp³-hybridized carbons (Fsp3) is 0. The zero-order valence-electron chi connectivity index (χ0n) is 9.88. The molecule has 1 aromatic carbocycles. The quantitative estimate of drug-likeness (QED) is 0.601. The molecule has 0 radical (unpaired) electrons. The number of rotatable bonds is 2. The smallest absolute Gasteiger partial charge is 0.224 e. The highest BCUT2D eigenvalue weighted by atomic mass is 15.1. The van der Waals surface area contributed by atoms with Gasteiger partial charge < -0.3 is 16.0 Å². The van der Waals surface area contributed by atoms with Gasteiger partial charge in [0.25, 0.3) is 0 Å². The Morgan fingerprint density at radius 3 is 3.05 bits per heavy atom. The predicted molar refractivity (Wildman–Crippen MR) is 73.8 cm³/mol. The average Bonchev–Trinajstić information content (AvgIpc) is 2.87. The van der Waals surface area contributed by atoms with Crippen molar-refractivity contribution in [1.82, 2.24) is 19.9 Å². The summed E-state index contributed by atoms with van der Waals surface area (Å²) >= 11 is 0. The second kappa shape index (κ2) is 4.31. The molecule has 0 atom stereocenters. The highest BCUT2D eigenvalue weighted by Gasteiger charge is 2.08. The number of aromatic amines is 1. The molecule has 6 heteroatoms. The second-order valence-corrected chi connectivity index (χ2v) is 3.88. The number of aromatic nitrogens is 4. The van der Waals surface area contributed by atoms with Crippen LogP contribution in [0, 0.1) is 12.3 Å². The lowest BCUT2D eigenvalue weighted by Gasteiger charge is -2.07. The summed E-state index contributed by atoms with van der Waals surface area (Å²) in [5.74, 6) is 3.31. The molecule has 92 valence electrons. The first kappa shape index (κ1) is 11.0. The van der Waals surface area contributed by atoms with Crippen LogP contribution in [0.15, 0.2) is 30.6 Å². The molecular formula is C13H10N6. The molecule has 0 amide bonds. The molecule has 3 rings (SSSR count). The number of anilines is 3. The molecule has 3 aromatic rings. The minimum atomic E-state index is 0.162. The van der Waals surface area contributed by atoms with E-state index in [-0.39, 0.29) is 5.95 Å². The van der Waals surface area contributed by atoms with Crippen LogP contribution < -0.4 is 11.1 Å². The van der Waals surface area contributed by atoms with E-state index in [1.165, 1.54) is 0 Å². The topological polar surface area (TPSA) is 92.5 Å². The number of nitrogens with two attached hydrogens (primary N) is 1. The summed E-state index contributed by atoms with van der Waals surface area (Å²) in [5, 5.41) is 3.15. The van der Waals surface area contributed by atoms with Gasteiger partial charge in [0, 0.05) is 11.3 Å². The fourth-order valence-electron chi connectivity index (χ4n) is 1.76. The Labute approximate surface area is 109 Å². The minimum absolute atomic E-state index is 0.162. The van der Waals surface area contributed by atoms with Crippen LogP contribution in [0.25, 0.3) is 11.2 Å². The number of hydrogen-bond acceptors (Lipinski definition) is 5. The number of fused-ring (bicyclic) bond motifs is 1. The van der Waals surface area contributed by atoms with Gasteiger partial charge in [-0.15, -0.1) is 6.42 Å². The van der Waals surface area contributed by atoms with Gasteiger partial charge in [-0.2, -0.15) is 9.97 Å². The molecule has 2 aromatic heterocycles. The molecule has 0 aliphatic carbocycles. The van der Waals surface area contributed by atoms with E-state index in [0.717, 1.165) is 11.3 Å². The van der Waals surface area contributed by atoms with Gasteiger partial charge >= 0.3 is 0 Å². The van der Waals surface area contributed by atoms with Crippen molar-refractivity contribution in [2.45, 2.75) is 0 Å². The van der Waals surface area contributed by atoms with Crippen molar-refractivity contribution < 1.29 is 0 Å². The molecule has 2 heterocycles. The van der Waals surface area contributed by atoms with Crippen molar-refractivity contribution in [2.24, 2.45) is 0 Å². The summed E-state index contributed by atoms with van der Waals surface area (Å²) in [5.41, 5.74) is 8.47. The van der Waals surface area contributed by atoms with Gasteiger partial charge in [-0.1, -0.05) is 12.0 Å². The van der Waals surface area contributed by atoms with E-state index in [9.17, 15) is 0 Å². The Morgan fingerprint density at radius 2 is 2.21 bits per heavy atom. The van der Waals surface area contributed by atoms with Crippen molar-refractivity contribution in [3.8, 4) is 12.3 Å². The Balaban J connectivity index is 2.05. The first-order valence-corrected chi connectivity index (χ1v) is 5.56. The van der Waals surface area contributed by atoms with Crippen molar-refractivity contribution in [3.05, 3.63) is 36.2 Å². The van der Waals surface area contributed by atoms with Gasteiger partial charge in [-0.3, -0.25) is 0 Å². The number of H-pyrrole nitrogens is 1. The molecular weight excluding hydrogens is 240 g/mol. The first-order chi connectivity index (χ1) is 9.26. The monoisotopic (exact) mass is 250 g/mol. The molecule has 6 nitrogen and oxygen atoms in total. The van der Waals surface area contributed by atoms with E-state index in [4.69, 9.17) is 12.2 Å². The Hall–Kier alpha value is -3.07. The van der Waals surface area contributed by atoms with Crippen LogP contribution in [0.5, 0.6) is 0 Å². The lowest BCUT2D eigenvalue weighted by atomic mass is 10.2. The maximum atomic E-state index is 5.65. The third kappa shape index (κ3) is 2.05. The third-order valence-electron chi connectivity index (χ3n) is 2.59. The number of hydrogen-bond donors (Lipinski definition) is 3. The highest BCUT2D eigenvalue weighted by molar-refractivity contribution is 5.85. The number of nitrogens with zero attached hydrogens (tertiary/aromatic N) is 3. The van der Waals surface area contributed by atoms with Crippen molar-refractivity contribution in [3.63, 3.8) is 0 Å². The molecule has 19 heavy (non-hydrogen) atoms. The normalized spacial score (nSPS) is 10.3. The highest BCUT2D eigenvalue weighted by Crippen LogP contribution is 2.22. The van der Waals surface area contributed by atoms with E-state index in [1.54, 1.807) is 6.33 Å². The maximum Gasteiger partial charge on any atom is 0.224 e. The second-order valence-electron chi connectivity index (χ2n) is 3.88. The molecule has 0 bridgehead atoms. The molecule has 0 saturated heterocycles. The molecule has 0 aliphatic heterocycles. The van der Waals surface area contributed by atoms with Gasteiger partial charge in [0.15, 0.2) is 11.5 Å². The summed E-state index contributed by atoms with van der Waals surface area (Å²) in [6.45, 7) is 0. The predicted octanol–water partition coefficient (Wildman–Crippen LogP) is 1.66. The minimum Gasteiger partial charge on any atom is -0.368 e. The number of terminal acetylenes is 1. The van der Waals surface area contributed by atoms with Crippen LogP contribution in [0.4, 0.5) is 17.5 Å². The summed E-state index contributed by atoms with van der Waals surface area (Å²) in [7, 11) is 0. The van der Waals surface area contributed by atoms with Crippen molar-refractivity contribution in [2.75, 3.05) is 11.1 Å². The van der Waals surface area contributed by atoms with Gasteiger partial charge in [-0.05, 0) is 18.2 Å². The number of benzene rings is 1. The van der Waals surface area contributed by atoms with Crippen LogP contribution in [0.1, 0.15) is 5.56 Å². The van der Waals surface area contributed by atoms with Crippen LogP contribution >= 0.6 is 0 Å². The van der Waals surface area contributed by atoms with Gasteiger partial charge in [0.05, 0.1) is 6.33 Å². The average molecular weight is 250 g/mol. The van der Waals surface area contributed by atoms with E-state index >= 15 is 0 Å². The zero-order valence-corrected chi connectivity index (χ0v) is 9.88. The fourth-order valence-corrected chi connectivity index (χ4v) is 1.76. The molecule has 0 unspecified atom stereocenters. The van der Waals surface area contributed by atoms with Crippen LogP contribution in [-0.2, 0) is 0 Å². The Bertz CT molecular complexity index is 783. The van der Waals surface area contributed by atoms with Crippen molar-refractivity contribution in [1.29, 1.82) is 0 Å². The summed E-state index contributed by atoms with van der Waals surface area (Å²) in [6, 6.07) is 7.46. The van der Waals surface area contributed by atoms with Crippen molar-refractivity contribution >= 4 is 28.6 Å². The van der Waals surface area contributed by atoms with Gasteiger partial charge in [0.2, 0.25) is 5.95 Å².